The van der Waals surface area contributed by atoms with Crippen molar-refractivity contribution in [3.63, 3.8) is 0 Å². The van der Waals surface area contributed by atoms with Crippen LogP contribution in [0.2, 0.25) is 0 Å². The summed E-state index contributed by atoms with van der Waals surface area (Å²) >= 11 is 0. The third-order valence-electron chi connectivity index (χ3n) is 4.17. The van der Waals surface area contributed by atoms with Crippen molar-refractivity contribution in [2.75, 3.05) is 5.32 Å². The first-order valence-electron chi connectivity index (χ1n) is 8.18. The lowest BCUT2D eigenvalue weighted by Crippen LogP contribution is -2.13. The molecule has 5 nitrogen and oxygen atoms in total. The van der Waals surface area contributed by atoms with E-state index in [-0.39, 0.29) is 11.7 Å². The number of aryl methyl sites for hydroxylation is 1. The second-order valence-corrected chi connectivity index (χ2v) is 5.99. The first kappa shape index (κ1) is 15.9. The van der Waals surface area contributed by atoms with Crippen molar-refractivity contribution in [1.29, 1.82) is 0 Å². The Bertz CT molecular complexity index is 1080. The molecule has 0 unspecified atom stereocenters. The van der Waals surface area contributed by atoms with E-state index in [9.17, 15) is 9.90 Å². The van der Waals surface area contributed by atoms with Crippen LogP contribution in [0, 0.1) is 6.92 Å². The number of hydrogen-bond donors (Lipinski definition) is 2. The average molecular weight is 344 g/mol. The third kappa shape index (κ3) is 2.91. The number of nitrogens with one attached hydrogen (secondary N) is 1. The predicted octanol–water partition coefficient (Wildman–Crippen LogP) is 4.76. The number of oxazole rings is 1. The normalized spacial score (nSPS) is 10.8. The number of phenolic OH excluding ortho intramolecular Hbond substituents is 1. The van der Waals surface area contributed by atoms with Crippen molar-refractivity contribution in [3.8, 4) is 17.2 Å². The van der Waals surface area contributed by atoms with Gasteiger partial charge in [0.05, 0.1) is 5.56 Å². The average Bonchev–Trinajstić information content (AvgIpc) is 3.06. The van der Waals surface area contributed by atoms with E-state index in [2.05, 4.69) is 10.3 Å². The van der Waals surface area contributed by atoms with Crippen molar-refractivity contribution in [2.24, 2.45) is 0 Å². The summed E-state index contributed by atoms with van der Waals surface area (Å²) in [6.45, 7) is 1.88. The Hall–Kier alpha value is -3.60. The summed E-state index contributed by atoms with van der Waals surface area (Å²) in [5, 5.41) is 13.2. The Balaban J connectivity index is 1.62. The van der Waals surface area contributed by atoms with Crippen LogP contribution in [0.3, 0.4) is 0 Å². The molecule has 4 aromatic rings. The molecule has 0 radical (unpaired) electrons. The number of anilines is 1. The molecule has 0 aliphatic rings. The zero-order chi connectivity index (χ0) is 18.1. The number of carbonyl (C=O) groups is 1. The quantitative estimate of drug-likeness (QED) is 0.562. The largest absolute Gasteiger partial charge is 0.507 e. The maximum atomic E-state index is 12.4. The first-order valence-corrected chi connectivity index (χ1v) is 8.18. The highest BCUT2D eigenvalue weighted by molar-refractivity contribution is 6.05. The summed E-state index contributed by atoms with van der Waals surface area (Å²) < 4.78 is 5.68. The molecular weight excluding hydrogens is 328 g/mol. The van der Waals surface area contributed by atoms with Gasteiger partial charge in [0.2, 0.25) is 5.89 Å². The van der Waals surface area contributed by atoms with Crippen LogP contribution in [-0.2, 0) is 0 Å². The van der Waals surface area contributed by atoms with E-state index in [0.29, 0.717) is 28.3 Å². The number of phenols is 1. The number of fused-ring (bicyclic) bond motifs is 1. The van der Waals surface area contributed by atoms with E-state index in [1.165, 1.54) is 6.07 Å². The smallest absolute Gasteiger partial charge is 0.255 e. The molecule has 128 valence electrons. The molecule has 0 saturated carbocycles. The molecule has 0 aliphatic carbocycles. The van der Waals surface area contributed by atoms with Gasteiger partial charge in [-0.2, -0.15) is 0 Å². The number of rotatable bonds is 3. The Morgan fingerprint density at radius 1 is 1.04 bits per heavy atom. The predicted molar refractivity (Wildman–Crippen MR) is 100 cm³/mol. The SMILES string of the molecule is Cc1ccccc1C(=O)Nc1ccc(-c2nc3ccccc3o2)c(O)c1. The second-order valence-electron chi connectivity index (χ2n) is 5.99. The second kappa shape index (κ2) is 6.37. The van der Waals surface area contributed by atoms with Crippen LogP contribution >= 0.6 is 0 Å². The molecule has 3 aromatic carbocycles. The molecular formula is C21H16N2O3. The highest BCUT2D eigenvalue weighted by atomic mass is 16.3. The summed E-state index contributed by atoms with van der Waals surface area (Å²) in [6, 6.07) is 19.6. The number of hydrogen-bond acceptors (Lipinski definition) is 4. The maximum Gasteiger partial charge on any atom is 0.255 e. The van der Waals surface area contributed by atoms with Crippen molar-refractivity contribution in [2.45, 2.75) is 6.92 Å². The lowest BCUT2D eigenvalue weighted by atomic mass is 10.1. The highest BCUT2D eigenvalue weighted by Crippen LogP contribution is 2.33. The molecule has 26 heavy (non-hydrogen) atoms. The zero-order valence-corrected chi connectivity index (χ0v) is 14.1. The van der Waals surface area contributed by atoms with Crippen LogP contribution in [0.15, 0.2) is 71.1 Å². The van der Waals surface area contributed by atoms with Gasteiger partial charge in [-0.1, -0.05) is 30.3 Å². The molecule has 0 fully saturated rings. The first-order chi connectivity index (χ1) is 12.6. The Morgan fingerprint density at radius 3 is 2.58 bits per heavy atom. The molecule has 0 bridgehead atoms. The Labute approximate surface area is 149 Å². The van der Waals surface area contributed by atoms with Crippen molar-refractivity contribution < 1.29 is 14.3 Å². The van der Waals surface area contributed by atoms with Crippen LogP contribution in [0.5, 0.6) is 5.75 Å². The van der Waals surface area contributed by atoms with E-state index in [0.717, 1.165) is 11.1 Å². The number of carbonyl (C=O) groups excluding carboxylic acids is 1. The van der Waals surface area contributed by atoms with E-state index < -0.39 is 0 Å². The fraction of sp³-hybridized carbons (Fsp3) is 0.0476. The van der Waals surface area contributed by atoms with Gasteiger partial charge in [0, 0.05) is 17.3 Å². The molecule has 2 N–H and O–H groups in total. The van der Waals surface area contributed by atoms with Crippen LogP contribution in [0.25, 0.3) is 22.6 Å². The molecule has 5 heteroatoms. The monoisotopic (exact) mass is 344 g/mol. The van der Waals surface area contributed by atoms with E-state index in [1.54, 1.807) is 18.2 Å². The number of amides is 1. The van der Waals surface area contributed by atoms with Gasteiger partial charge in [-0.25, -0.2) is 4.98 Å². The zero-order valence-electron chi connectivity index (χ0n) is 14.1. The summed E-state index contributed by atoms with van der Waals surface area (Å²) in [4.78, 5) is 16.8. The van der Waals surface area contributed by atoms with Crippen molar-refractivity contribution >= 4 is 22.7 Å². The summed E-state index contributed by atoms with van der Waals surface area (Å²) in [5.74, 6) is 0.0942. The minimum atomic E-state index is -0.225. The van der Waals surface area contributed by atoms with Crippen molar-refractivity contribution in [3.05, 3.63) is 77.9 Å². The summed E-state index contributed by atoms with van der Waals surface area (Å²) in [7, 11) is 0. The van der Waals surface area contributed by atoms with Gasteiger partial charge in [-0.05, 0) is 42.8 Å². The topological polar surface area (TPSA) is 75.4 Å². The van der Waals surface area contributed by atoms with E-state index in [4.69, 9.17) is 4.42 Å². The van der Waals surface area contributed by atoms with E-state index >= 15 is 0 Å². The Morgan fingerprint density at radius 2 is 1.81 bits per heavy atom. The van der Waals surface area contributed by atoms with Gasteiger partial charge in [0.1, 0.15) is 11.3 Å². The van der Waals surface area contributed by atoms with Crippen LogP contribution in [0.1, 0.15) is 15.9 Å². The number of nitrogens with zero attached hydrogens (tertiary/aromatic N) is 1. The van der Waals surface area contributed by atoms with Gasteiger partial charge in [0.25, 0.3) is 5.91 Å². The molecule has 1 heterocycles. The number of aromatic nitrogens is 1. The molecule has 0 spiro atoms. The number of para-hydroxylation sites is 2. The molecule has 4 rings (SSSR count). The fourth-order valence-electron chi connectivity index (χ4n) is 2.80. The van der Waals surface area contributed by atoms with Gasteiger partial charge < -0.3 is 14.8 Å². The van der Waals surface area contributed by atoms with Gasteiger partial charge in [0.15, 0.2) is 5.58 Å². The molecule has 0 aliphatic heterocycles. The van der Waals surface area contributed by atoms with Crippen molar-refractivity contribution in [1.82, 2.24) is 4.98 Å². The molecule has 0 atom stereocenters. The van der Waals surface area contributed by atoms with E-state index in [1.807, 2.05) is 49.4 Å². The van der Waals surface area contributed by atoms with Crippen LogP contribution < -0.4 is 5.32 Å². The molecule has 1 amide bonds. The number of benzene rings is 3. The maximum absolute atomic E-state index is 12.4. The highest BCUT2D eigenvalue weighted by Gasteiger charge is 2.14. The van der Waals surface area contributed by atoms with Crippen LogP contribution in [-0.4, -0.2) is 16.0 Å². The minimum Gasteiger partial charge on any atom is -0.507 e. The lowest BCUT2D eigenvalue weighted by Gasteiger charge is -2.09. The Kier molecular flexibility index (Phi) is 3.89. The summed E-state index contributed by atoms with van der Waals surface area (Å²) in [6.07, 6.45) is 0. The third-order valence-corrected chi connectivity index (χ3v) is 4.17. The lowest BCUT2D eigenvalue weighted by molar-refractivity contribution is 0.102. The minimum absolute atomic E-state index is 0.0147. The standard InChI is InChI=1S/C21H16N2O3/c1-13-6-2-3-7-15(13)20(25)22-14-10-11-16(18(24)12-14)21-23-17-8-4-5-9-19(17)26-21/h2-12,24H,1H3,(H,22,25). The van der Waals surface area contributed by atoms with Crippen LogP contribution in [0.4, 0.5) is 5.69 Å². The fourth-order valence-corrected chi connectivity index (χ4v) is 2.80. The van der Waals surface area contributed by atoms with Gasteiger partial charge in [-0.3, -0.25) is 4.79 Å². The molecule has 0 saturated heterocycles. The number of aromatic hydroxyl groups is 1. The molecule has 1 aromatic heterocycles. The van der Waals surface area contributed by atoms with Gasteiger partial charge >= 0.3 is 0 Å². The van der Waals surface area contributed by atoms with Gasteiger partial charge in [-0.15, -0.1) is 0 Å². The summed E-state index contributed by atoms with van der Waals surface area (Å²) in [5.41, 5.74) is 3.82.